The van der Waals surface area contributed by atoms with Gasteiger partial charge in [0.25, 0.3) is 5.89 Å². The second kappa shape index (κ2) is 8.60. The molecule has 2 aliphatic rings. The van der Waals surface area contributed by atoms with Gasteiger partial charge in [-0.25, -0.2) is 0 Å². The summed E-state index contributed by atoms with van der Waals surface area (Å²) in [6.45, 7) is 3.37. The predicted molar refractivity (Wildman–Crippen MR) is 122 cm³/mol. The van der Waals surface area contributed by atoms with Crippen molar-refractivity contribution >= 4 is 22.9 Å². The lowest BCUT2D eigenvalue weighted by atomic mass is 9.95. The summed E-state index contributed by atoms with van der Waals surface area (Å²) in [5.74, 6) is 2.28. The molecule has 0 bridgehead atoms. The van der Waals surface area contributed by atoms with Crippen LogP contribution in [0.5, 0.6) is 11.5 Å². The van der Waals surface area contributed by atoms with E-state index < -0.39 is 0 Å². The van der Waals surface area contributed by atoms with Gasteiger partial charge in [-0.1, -0.05) is 35.5 Å². The van der Waals surface area contributed by atoms with E-state index in [1.54, 1.807) is 7.11 Å². The van der Waals surface area contributed by atoms with Crippen LogP contribution in [0.3, 0.4) is 0 Å². The van der Waals surface area contributed by atoms with Crippen LogP contribution in [-0.4, -0.2) is 47.2 Å². The van der Waals surface area contributed by atoms with Gasteiger partial charge < -0.3 is 29.0 Å². The van der Waals surface area contributed by atoms with Gasteiger partial charge in [0.2, 0.25) is 12.6 Å². The number of fused-ring (bicyclic) bond motifs is 1. The minimum atomic E-state index is -0.215. The van der Waals surface area contributed by atoms with Gasteiger partial charge in [0.15, 0.2) is 16.6 Å². The van der Waals surface area contributed by atoms with Crippen LogP contribution in [0.2, 0.25) is 0 Å². The summed E-state index contributed by atoms with van der Waals surface area (Å²) < 4.78 is 21.9. The molecule has 1 N–H and O–H groups in total. The Morgan fingerprint density at radius 3 is 2.78 bits per heavy atom. The highest BCUT2D eigenvalue weighted by atomic mass is 32.1. The molecule has 1 aromatic heterocycles. The molecule has 164 valence electrons. The average molecular weight is 451 g/mol. The number of aromatic nitrogens is 2. The maximum atomic E-state index is 5.76. The molecule has 0 aliphatic carbocycles. The van der Waals surface area contributed by atoms with Gasteiger partial charge in [0.05, 0.1) is 18.2 Å². The minimum absolute atomic E-state index is 0.212. The molecule has 3 aromatic rings. The zero-order chi connectivity index (χ0) is 22.1. The summed E-state index contributed by atoms with van der Waals surface area (Å²) in [5.41, 5.74) is 3.66. The Bertz CT molecular complexity index is 1180. The molecule has 1 atom stereocenters. The zero-order valence-electron chi connectivity index (χ0n) is 17.7. The molecule has 1 unspecified atom stereocenters. The highest BCUT2D eigenvalue weighted by Crippen LogP contribution is 2.39. The molecule has 3 heterocycles. The molecule has 0 fully saturated rings. The molecular weight excluding hydrogens is 428 g/mol. The first kappa shape index (κ1) is 20.5. The summed E-state index contributed by atoms with van der Waals surface area (Å²) >= 11 is 5.66. The predicted octanol–water partition coefficient (Wildman–Crippen LogP) is 3.77. The van der Waals surface area contributed by atoms with E-state index in [2.05, 4.69) is 10.5 Å². The lowest BCUT2D eigenvalue weighted by Crippen LogP contribution is -2.47. The molecule has 8 nitrogen and oxygen atoms in total. The summed E-state index contributed by atoms with van der Waals surface area (Å²) in [6.07, 6.45) is 0. The quantitative estimate of drug-likeness (QED) is 0.564. The van der Waals surface area contributed by atoms with E-state index in [1.165, 1.54) is 0 Å². The Kier molecular flexibility index (Phi) is 5.50. The number of rotatable bonds is 6. The van der Waals surface area contributed by atoms with Crippen molar-refractivity contribution in [2.24, 2.45) is 0 Å². The van der Waals surface area contributed by atoms with E-state index in [0.717, 1.165) is 22.4 Å². The summed E-state index contributed by atoms with van der Waals surface area (Å²) in [5, 5.41) is 8.30. The van der Waals surface area contributed by atoms with Crippen LogP contribution in [0.25, 0.3) is 17.0 Å². The van der Waals surface area contributed by atoms with E-state index in [0.29, 0.717) is 41.5 Å². The van der Waals surface area contributed by atoms with Crippen LogP contribution in [0.1, 0.15) is 24.4 Å². The van der Waals surface area contributed by atoms with Crippen LogP contribution in [-0.2, 0) is 4.74 Å². The number of hydrogen-bond acceptors (Lipinski definition) is 7. The van der Waals surface area contributed by atoms with Gasteiger partial charge in [0, 0.05) is 24.9 Å². The number of nitrogens with one attached hydrogen (secondary N) is 1. The summed E-state index contributed by atoms with van der Waals surface area (Å²) in [4.78, 5) is 6.72. The number of methoxy groups -OCH3 is 1. The van der Waals surface area contributed by atoms with E-state index in [9.17, 15) is 0 Å². The lowest BCUT2D eigenvalue weighted by Gasteiger charge is -2.37. The van der Waals surface area contributed by atoms with Crippen LogP contribution in [0.15, 0.2) is 58.8 Å². The standard InChI is InChI=1S/C23H22N4O4S/c1-14-19(20(15-6-4-3-5-7-15)24-23(32)27(14)10-11-28-2)22-25-21(26-31-22)16-8-9-17-18(12-16)30-13-29-17/h3-9,12,20H,10-11,13H2,1-2H3,(H,24,32). The SMILES string of the molecule is COCCN1C(=S)NC(c2ccccc2)C(c2nc(-c3ccc4c(c3)OCO4)no2)=C1C. The third-order valence-electron chi connectivity index (χ3n) is 5.54. The molecule has 2 aliphatic heterocycles. The molecule has 5 rings (SSSR count). The van der Waals surface area contributed by atoms with Crippen molar-refractivity contribution in [2.75, 3.05) is 27.1 Å². The maximum absolute atomic E-state index is 5.76. The normalized spacial score (nSPS) is 17.6. The van der Waals surface area contributed by atoms with Crippen LogP contribution in [0.4, 0.5) is 0 Å². The van der Waals surface area contributed by atoms with Crippen molar-refractivity contribution in [1.82, 2.24) is 20.4 Å². The van der Waals surface area contributed by atoms with Gasteiger partial charge in [-0.15, -0.1) is 0 Å². The van der Waals surface area contributed by atoms with Crippen LogP contribution < -0.4 is 14.8 Å². The minimum Gasteiger partial charge on any atom is -0.454 e. The first-order valence-electron chi connectivity index (χ1n) is 10.2. The molecule has 32 heavy (non-hydrogen) atoms. The summed E-state index contributed by atoms with van der Waals surface area (Å²) in [7, 11) is 1.67. The molecule has 0 saturated carbocycles. The largest absolute Gasteiger partial charge is 0.454 e. The number of benzene rings is 2. The molecule has 0 amide bonds. The average Bonchev–Trinajstić information content (AvgIpc) is 3.48. The van der Waals surface area contributed by atoms with Crippen molar-refractivity contribution in [2.45, 2.75) is 13.0 Å². The Labute approximate surface area is 190 Å². The zero-order valence-corrected chi connectivity index (χ0v) is 18.5. The highest BCUT2D eigenvalue weighted by Gasteiger charge is 2.34. The lowest BCUT2D eigenvalue weighted by molar-refractivity contribution is 0.174. The third-order valence-corrected chi connectivity index (χ3v) is 5.87. The fourth-order valence-corrected chi connectivity index (χ4v) is 4.24. The van der Waals surface area contributed by atoms with E-state index in [4.69, 9.17) is 35.9 Å². The van der Waals surface area contributed by atoms with E-state index in [-0.39, 0.29) is 12.8 Å². The van der Waals surface area contributed by atoms with Crippen LogP contribution in [0, 0.1) is 0 Å². The Morgan fingerprint density at radius 1 is 1.16 bits per heavy atom. The highest BCUT2D eigenvalue weighted by molar-refractivity contribution is 7.80. The van der Waals surface area contributed by atoms with Crippen molar-refractivity contribution in [3.8, 4) is 22.9 Å². The first-order chi connectivity index (χ1) is 15.7. The topological polar surface area (TPSA) is 81.9 Å². The van der Waals surface area contributed by atoms with Crippen molar-refractivity contribution in [1.29, 1.82) is 0 Å². The fourth-order valence-electron chi connectivity index (χ4n) is 3.89. The van der Waals surface area contributed by atoms with Gasteiger partial charge in [-0.2, -0.15) is 4.98 Å². The summed E-state index contributed by atoms with van der Waals surface area (Å²) in [6, 6.07) is 15.4. The third kappa shape index (κ3) is 3.69. The Morgan fingerprint density at radius 2 is 1.97 bits per heavy atom. The van der Waals surface area contributed by atoms with Gasteiger partial charge >= 0.3 is 0 Å². The van der Waals surface area contributed by atoms with Gasteiger partial charge in [0.1, 0.15) is 0 Å². The van der Waals surface area contributed by atoms with Gasteiger partial charge in [-0.3, -0.25) is 0 Å². The second-order valence-electron chi connectivity index (χ2n) is 7.43. The van der Waals surface area contributed by atoms with Crippen molar-refractivity contribution in [3.05, 3.63) is 65.7 Å². The number of ether oxygens (including phenoxy) is 3. The molecule has 0 spiro atoms. The van der Waals surface area contributed by atoms with Crippen molar-refractivity contribution < 1.29 is 18.7 Å². The number of hydrogen-bond donors (Lipinski definition) is 1. The number of nitrogens with zero attached hydrogens (tertiary/aromatic N) is 3. The van der Waals surface area contributed by atoms with Crippen LogP contribution >= 0.6 is 12.2 Å². The van der Waals surface area contributed by atoms with E-state index >= 15 is 0 Å². The second-order valence-corrected chi connectivity index (χ2v) is 7.81. The Hall–Kier alpha value is -3.43. The maximum Gasteiger partial charge on any atom is 0.258 e. The molecule has 0 radical (unpaired) electrons. The fraction of sp³-hybridized carbons (Fsp3) is 0.261. The molecule has 2 aromatic carbocycles. The number of thiocarbonyl (C=S) groups is 1. The first-order valence-corrected chi connectivity index (χ1v) is 10.6. The van der Waals surface area contributed by atoms with Gasteiger partial charge in [-0.05, 0) is 42.9 Å². The van der Waals surface area contributed by atoms with E-state index in [1.807, 2.05) is 60.4 Å². The monoisotopic (exact) mass is 450 g/mol. The molecule has 9 heteroatoms. The smallest absolute Gasteiger partial charge is 0.258 e. The van der Waals surface area contributed by atoms with Crippen molar-refractivity contribution in [3.63, 3.8) is 0 Å². The molecular formula is C23H22N4O4S. The number of allylic oxidation sites excluding steroid dienone is 1. The Balaban J connectivity index is 1.56. The molecule has 0 saturated heterocycles.